The predicted octanol–water partition coefficient (Wildman–Crippen LogP) is 1.63. The van der Waals surface area contributed by atoms with E-state index in [1.807, 2.05) is 6.07 Å². The molecule has 1 aromatic rings. The molecule has 0 radical (unpaired) electrons. The van der Waals surface area contributed by atoms with Gasteiger partial charge in [-0.25, -0.2) is 4.39 Å². The summed E-state index contributed by atoms with van der Waals surface area (Å²) in [6.45, 7) is 2.64. The first-order valence-corrected chi connectivity index (χ1v) is 5.47. The molecule has 0 bridgehead atoms. The van der Waals surface area contributed by atoms with Crippen LogP contribution in [0.1, 0.15) is 12.0 Å². The molecular formula is C12H17FN2O. The number of hydrogen-bond donors (Lipinski definition) is 1. The normalized spacial score (nSPS) is 21.5. The Morgan fingerprint density at radius 2 is 2.31 bits per heavy atom. The van der Waals surface area contributed by atoms with E-state index in [0.29, 0.717) is 11.8 Å². The third-order valence-electron chi connectivity index (χ3n) is 2.95. The van der Waals surface area contributed by atoms with Gasteiger partial charge in [-0.05, 0) is 30.2 Å². The van der Waals surface area contributed by atoms with Crippen molar-refractivity contribution < 1.29 is 9.13 Å². The van der Waals surface area contributed by atoms with Gasteiger partial charge < -0.3 is 10.5 Å². The maximum absolute atomic E-state index is 13.1. The summed E-state index contributed by atoms with van der Waals surface area (Å²) in [6.07, 6.45) is 1.35. The van der Waals surface area contributed by atoms with Gasteiger partial charge in [-0.1, -0.05) is 0 Å². The molecule has 1 heterocycles. The largest absolute Gasteiger partial charge is 0.399 e. The molecule has 1 unspecified atom stereocenters. The maximum atomic E-state index is 13.1. The zero-order valence-corrected chi connectivity index (χ0v) is 9.45. The van der Waals surface area contributed by atoms with Crippen LogP contribution < -0.4 is 5.73 Å². The number of anilines is 1. The summed E-state index contributed by atoms with van der Waals surface area (Å²) in [6, 6.07) is 4.70. The first kappa shape index (κ1) is 11.4. The monoisotopic (exact) mass is 224 g/mol. The van der Waals surface area contributed by atoms with Gasteiger partial charge in [0.2, 0.25) is 0 Å². The lowest BCUT2D eigenvalue weighted by Crippen LogP contribution is -2.22. The second-order valence-corrected chi connectivity index (χ2v) is 4.27. The summed E-state index contributed by atoms with van der Waals surface area (Å²) >= 11 is 0. The molecule has 0 saturated carbocycles. The van der Waals surface area contributed by atoms with Crippen molar-refractivity contribution in [3.63, 3.8) is 0 Å². The molecule has 1 aromatic carbocycles. The van der Waals surface area contributed by atoms with Crippen LogP contribution >= 0.6 is 0 Å². The molecule has 1 aliphatic heterocycles. The minimum absolute atomic E-state index is 0.266. The number of nitrogens with two attached hydrogens (primary N) is 1. The molecule has 0 aromatic heterocycles. The molecule has 1 fully saturated rings. The Bertz CT molecular complexity index is 350. The van der Waals surface area contributed by atoms with Crippen molar-refractivity contribution in [2.45, 2.75) is 19.1 Å². The summed E-state index contributed by atoms with van der Waals surface area (Å²) in [5, 5.41) is 0. The van der Waals surface area contributed by atoms with Gasteiger partial charge in [-0.2, -0.15) is 0 Å². The van der Waals surface area contributed by atoms with Crippen LogP contribution in [0.4, 0.5) is 10.1 Å². The molecule has 0 aliphatic carbocycles. The Morgan fingerprint density at radius 3 is 2.94 bits per heavy atom. The fourth-order valence-electron chi connectivity index (χ4n) is 2.16. The number of likely N-dealkylation sites (tertiary alicyclic amines) is 1. The number of rotatable bonds is 3. The molecule has 0 amide bonds. The Balaban J connectivity index is 1.99. The molecule has 0 spiro atoms. The molecule has 16 heavy (non-hydrogen) atoms. The molecule has 1 atom stereocenters. The minimum Gasteiger partial charge on any atom is -0.399 e. The third-order valence-corrected chi connectivity index (χ3v) is 2.95. The van der Waals surface area contributed by atoms with Crippen LogP contribution in [-0.4, -0.2) is 31.2 Å². The molecule has 2 N–H and O–H groups in total. The summed E-state index contributed by atoms with van der Waals surface area (Å²) in [5.74, 6) is -0.266. The number of methoxy groups -OCH3 is 1. The van der Waals surface area contributed by atoms with E-state index in [0.717, 1.165) is 31.6 Å². The zero-order valence-electron chi connectivity index (χ0n) is 9.45. The van der Waals surface area contributed by atoms with Crippen LogP contribution in [0.3, 0.4) is 0 Å². The highest BCUT2D eigenvalue weighted by molar-refractivity contribution is 5.41. The Morgan fingerprint density at radius 1 is 1.50 bits per heavy atom. The van der Waals surface area contributed by atoms with Crippen LogP contribution in [0.15, 0.2) is 18.2 Å². The van der Waals surface area contributed by atoms with Crippen LogP contribution in [-0.2, 0) is 11.3 Å². The molecule has 4 heteroatoms. The topological polar surface area (TPSA) is 38.5 Å². The first-order valence-electron chi connectivity index (χ1n) is 5.47. The number of benzene rings is 1. The fourth-order valence-corrected chi connectivity index (χ4v) is 2.16. The fraction of sp³-hybridized carbons (Fsp3) is 0.500. The van der Waals surface area contributed by atoms with Gasteiger partial charge in [0, 0.05) is 32.4 Å². The molecule has 1 aliphatic rings. The second-order valence-electron chi connectivity index (χ2n) is 4.27. The Kier molecular flexibility index (Phi) is 3.41. The molecule has 88 valence electrons. The van der Waals surface area contributed by atoms with E-state index >= 15 is 0 Å². The van der Waals surface area contributed by atoms with Crippen molar-refractivity contribution in [3.8, 4) is 0 Å². The highest BCUT2D eigenvalue weighted by Gasteiger charge is 2.21. The van der Waals surface area contributed by atoms with Crippen LogP contribution in [0.25, 0.3) is 0 Å². The van der Waals surface area contributed by atoms with E-state index in [-0.39, 0.29) is 5.82 Å². The summed E-state index contributed by atoms with van der Waals surface area (Å²) in [7, 11) is 1.73. The van der Waals surface area contributed by atoms with Gasteiger partial charge in [-0.3, -0.25) is 4.90 Å². The van der Waals surface area contributed by atoms with E-state index in [1.165, 1.54) is 12.1 Å². The van der Waals surface area contributed by atoms with Gasteiger partial charge in [-0.15, -0.1) is 0 Å². The van der Waals surface area contributed by atoms with Crippen LogP contribution in [0.2, 0.25) is 0 Å². The summed E-state index contributed by atoms with van der Waals surface area (Å²) in [4.78, 5) is 2.25. The summed E-state index contributed by atoms with van der Waals surface area (Å²) in [5.41, 5.74) is 7.01. The maximum Gasteiger partial charge on any atom is 0.125 e. The molecule has 2 rings (SSSR count). The van der Waals surface area contributed by atoms with Gasteiger partial charge in [0.05, 0.1) is 6.10 Å². The minimum atomic E-state index is -0.266. The number of ether oxygens (including phenoxy) is 1. The first-order chi connectivity index (χ1) is 7.67. The van der Waals surface area contributed by atoms with Crippen molar-refractivity contribution >= 4 is 5.69 Å². The number of nitrogen functional groups attached to an aromatic ring is 1. The van der Waals surface area contributed by atoms with E-state index < -0.39 is 0 Å². The lowest BCUT2D eigenvalue weighted by atomic mass is 10.2. The average Bonchev–Trinajstić information content (AvgIpc) is 2.64. The van der Waals surface area contributed by atoms with E-state index in [4.69, 9.17) is 10.5 Å². The standard InChI is InChI=1S/C12H17FN2O/c1-16-12-2-3-15(8-12)7-9-4-10(13)6-11(14)5-9/h4-6,12H,2-3,7-8,14H2,1H3. The summed E-state index contributed by atoms with van der Waals surface area (Å²) < 4.78 is 18.4. The smallest absolute Gasteiger partial charge is 0.125 e. The Labute approximate surface area is 95.0 Å². The van der Waals surface area contributed by atoms with Gasteiger partial charge in [0.25, 0.3) is 0 Å². The van der Waals surface area contributed by atoms with E-state index in [2.05, 4.69) is 4.90 Å². The average molecular weight is 224 g/mol. The van der Waals surface area contributed by atoms with Crippen molar-refractivity contribution in [2.24, 2.45) is 0 Å². The van der Waals surface area contributed by atoms with E-state index in [1.54, 1.807) is 7.11 Å². The SMILES string of the molecule is COC1CCN(Cc2cc(N)cc(F)c2)C1. The van der Waals surface area contributed by atoms with Crippen molar-refractivity contribution in [1.82, 2.24) is 4.90 Å². The van der Waals surface area contributed by atoms with Gasteiger partial charge in [0.1, 0.15) is 5.82 Å². The molecule has 3 nitrogen and oxygen atoms in total. The quantitative estimate of drug-likeness (QED) is 0.793. The van der Waals surface area contributed by atoms with Gasteiger partial charge >= 0.3 is 0 Å². The van der Waals surface area contributed by atoms with Crippen LogP contribution in [0.5, 0.6) is 0 Å². The molecule has 1 saturated heterocycles. The van der Waals surface area contributed by atoms with Gasteiger partial charge in [0.15, 0.2) is 0 Å². The van der Waals surface area contributed by atoms with Crippen molar-refractivity contribution in [1.29, 1.82) is 0 Å². The lowest BCUT2D eigenvalue weighted by Gasteiger charge is -2.15. The third kappa shape index (κ3) is 2.71. The van der Waals surface area contributed by atoms with E-state index in [9.17, 15) is 4.39 Å². The van der Waals surface area contributed by atoms with Crippen molar-refractivity contribution in [3.05, 3.63) is 29.6 Å². The zero-order chi connectivity index (χ0) is 11.5. The Hall–Kier alpha value is -1.13. The predicted molar refractivity (Wildman–Crippen MR) is 61.5 cm³/mol. The molecular weight excluding hydrogens is 207 g/mol. The highest BCUT2D eigenvalue weighted by Crippen LogP contribution is 2.17. The number of halogens is 1. The second kappa shape index (κ2) is 4.80. The lowest BCUT2D eigenvalue weighted by molar-refractivity contribution is 0.107. The van der Waals surface area contributed by atoms with Crippen molar-refractivity contribution in [2.75, 3.05) is 25.9 Å². The highest BCUT2D eigenvalue weighted by atomic mass is 19.1. The number of nitrogens with zero attached hydrogens (tertiary/aromatic N) is 1. The number of hydrogen-bond acceptors (Lipinski definition) is 3. The van der Waals surface area contributed by atoms with Crippen LogP contribution in [0, 0.1) is 5.82 Å².